The number of carbonyl (C=O) groups is 1. The Hall–Kier alpha value is -0.790. The van der Waals surface area contributed by atoms with Crippen molar-refractivity contribution in [1.82, 2.24) is 4.90 Å². The average Bonchev–Trinajstić information content (AvgIpc) is 2.57. The molecule has 136 valence electrons. The maximum absolute atomic E-state index is 11.9. The van der Waals surface area contributed by atoms with Crippen LogP contribution in [0, 0.1) is 0 Å². The van der Waals surface area contributed by atoms with Crippen LogP contribution in [0.1, 0.15) is 104 Å². The zero-order valence-electron chi connectivity index (χ0n) is 16.0. The standard InChI is InChI=1S/C21H41NO/c1-4-7-9-11-13-14-16-18-20-22(21(23)6-3)19-17-15-12-10-8-5-2/h6H,3-5,7-20H2,1-2H3. The molecule has 0 fully saturated rings. The largest absolute Gasteiger partial charge is 0.339 e. The van der Waals surface area contributed by atoms with E-state index in [4.69, 9.17) is 0 Å². The van der Waals surface area contributed by atoms with Gasteiger partial charge >= 0.3 is 0 Å². The second-order valence-electron chi connectivity index (χ2n) is 6.77. The molecule has 0 saturated heterocycles. The lowest BCUT2D eigenvalue weighted by Gasteiger charge is -2.21. The van der Waals surface area contributed by atoms with Crippen LogP contribution in [0.15, 0.2) is 12.7 Å². The Morgan fingerprint density at radius 1 is 0.696 bits per heavy atom. The van der Waals surface area contributed by atoms with Gasteiger partial charge in [-0.25, -0.2) is 0 Å². The molecule has 0 aliphatic rings. The van der Waals surface area contributed by atoms with Crippen molar-refractivity contribution >= 4 is 5.91 Å². The number of hydrogen-bond donors (Lipinski definition) is 0. The molecule has 2 heteroatoms. The van der Waals surface area contributed by atoms with Crippen molar-refractivity contribution < 1.29 is 4.79 Å². The first-order chi connectivity index (χ1) is 11.3. The molecule has 0 spiro atoms. The fraction of sp³-hybridized carbons (Fsp3) is 0.857. The van der Waals surface area contributed by atoms with Crippen LogP contribution in [0.4, 0.5) is 0 Å². The van der Waals surface area contributed by atoms with Crippen LogP contribution in [0.25, 0.3) is 0 Å². The highest BCUT2D eigenvalue weighted by molar-refractivity contribution is 5.86. The summed E-state index contributed by atoms with van der Waals surface area (Å²) in [7, 11) is 0. The van der Waals surface area contributed by atoms with E-state index in [0.717, 1.165) is 25.9 Å². The molecule has 2 nitrogen and oxygen atoms in total. The van der Waals surface area contributed by atoms with Crippen LogP contribution in [0.3, 0.4) is 0 Å². The Bertz CT molecular complexity index is 275. The molecule has 0 atom stereocenters. The average molecular weight is 324 g/mol. The maximum atomic E-state index is 11.9. The van der Waals surface area contributed by atoms with Crippen molar-refractivity contribution in [3.63, 3.8) is 0 Å². The number of unbranched alkanes of at least 4 members (excludes halogenated alkanes) is 12. The van der Waals surface area contributed by atoms with Gasteiger partial charge in [0.15, 0.2) is 0 Å². The highest BCUT2D eigenvalue weighted by Crippen LogP contribution is 2.10. The van der Waals surface area contributed by atoms with Crippen LogP contribution >= 0.6 is 0 Å². The molecule has 1 amide bonds. The maximum Gasteiger partial charge on any atom is 0.245 e. The summed E-state index contributed by atoms with van der Waals surface area (Å²) in [6.07, 6.45) is 19.7. The number of nitrogens with zero attached hydrogens (tertiary/aromatic N) is 1. The summed E-state index contributed by atoms with van der Waals surface area (Å²) in [6, 6.07) is 0. The third kappa shape index (κ3) is 14.5. The van der Waals surface area contributed by atoms with Crippen molar-refractivity contribution in [3.8, 4) is 0 Å². The topological polar surface area (TPSA) is 20.3 Å². The van der Waals surface area contributed by atoms with Gasteiger partial charge in [-0.1, -0.05) is 97.5 Å². The van der Waals surface area contributed by atoms with Gasteiger partial charge in [-0.15, -0.1) is 0 Å². The predicted molar refractivity (Wildman–Crippen MR) is 103 cm³/mol. The predicted octanol–water partition coefficient (Wildman–Crippen LogP) is 6.50. The van der Waals surface area contributed by atoms with Crippen LogP contribution in [0.5, 0.6) is 0 Å². The van der Waals surface area contributed by atoms with Crippen molar-refractivity contribution in [1.29, 1.82) is 0 Å². The van der Waals surface area contributed by atoms with E-state index in [1.807, 2.05) is 4.90 Å². The minimum absolute atomic E-state index is 0.113. The molecule has 0 aromatic heterocycles. The summed E-state index contributed by atoms with van der Waals surface area (Å²) < 4.78 is 0. The van der Waals surface area contributed by atoms with E-state index in [2.05, 4.69) is 20.4 Å². The van der Waals surface area contributed by atoms with Crippen LogP contribution < -0.4 is 0 Å². The zero-order chi connectivity index (χ0) is 17.2. The van der Waals surface area contributed by atoms with E-state index in [9.17, 15) is 4.79 Å². The second-order valence-corrected chi connectivity index (χ2v) is 6.77. The van der Waals surface area contributed by atoms with Gasteiger partial charge in [0.25, 0.3) is 0 Å². The number of rotatable bonds is 17. The van der Waals surface area contributed by atoms with Gasteiger partial charge in [0.1, 0.15) is 0 Å². The minimum Gasteiger partial charge on any atom is -0.339 e. The fourth-order valence-electron chi connectivity index (χ4n) is 2.98. The molecule has 0 N–H and O–H groups in total. The number of amides is 1. The van der Waals surface area contributed by atoms with Gasteiger partial charge < -0.3 is 4.90 Å². The van der Waals surface area contributed by atoms with Gasteiger partial charge in [0.2, 0.25) is 5.91 Å². The Balaban J connectivity index is 3.68. The van der Waals surface area contributed by atoms with E-state index >= 15 is 0 Å². The van der Waals surface area contributed by atoms with Crippen molar-refractivity contribution in [2.24, 2.45) is 0 Å². The van der Waals surface area contributed by atoms with Crippen molar-refractivity contribution in [2.45, 2.75) is 104 Å². The third-order valence-electron chi connectivity index (χ3n) is 4.55. The lowest BCUT2D eigenvalue weighted by molar-refractivity contribution is -0.126. The summed E-state index contributed by atoms with van der Waals surface area (Å²) in [4.78, 5) is 13.9. The molecule has 23 heavy (non-hydrogen) atoms. The van der Waals surface area contributed by atoms with Gasteiger partial charge in [-0.3, -0.25) is 4.79 Å². The first kappa shape index (κ1) is 22.2. The minimum atomic E-state index is 0.113. The second kappa shape index (κ2) is 17.6. The molecule has 0 aliphatic carbocycles. The highest BCUT2D eigenvalue weighted by Gasteiger charge is 2.09. The third-order valence-corrected chi connectivity index (χ3v) is 4.55. The van der Waals surface area contributed by atoms with Crippen molar-refractivity contribution in [2.75, 3.05) is 13.1 Å². The van der Waals surface area contributed by atoms with Crippen LogP contribution in [0.2, 0.25) is 0 Å². The van der Waals surface area contributed by atoms with Gasteiger partial charge in [0.05, 0.1) is 0 Å². The molecule has 0 rings (SSSR count). The molecule has 0 bridgehead atoms. The Labute approximate surface area is 145 Å². The Kier molecular flexibility index (Phi) is 17.0. The van der Waals surface area contributed by atoms with Crippen LogP contribution in [-0.2, 0) is 4.79 Å². The Morgan fingerprint density at radius 3 is 1.39 bits per heavy atom. The fourth-order valence-corrected chi connectivity index (χ4v) is 2.98. The molecule has 0 aromatic carbocycles. The quantitative estimate of drug-likeness (QED) is 0.221. The molecular formula is C21H41NO. The summed E-state index contributed by atoms with van der Waals surface area (Å²) in [5.41, 5.74) is 0. The lowest BCUT2D eigenvalue weighted by atomic mass is 10.1. The normalized spacial score (nSPS) is 10.7. The highest BCUT2D eigenvalue weighted by atomic mass is 16.2. The zero-order valence-corrected chi connectivity index (χ0v) is 16.0. The molecule has 0 saturated carbocycles. The Morgan fingerprint density at radius 2 is 1.04 bits per heavy atom. The monoisotopic (exact) mass is 323 g/mol. The van der Waals surface area contributed by atoms with E-state index in [0.29, 0.717) is 0 Å². The summed E-state index contributed by atoms with van der Waals surface area (Å²) in [6.45, 7) is 9.97. The molecule has 0 radical (unpaired) electrons. The number of hydrogen-bond acceptors (Lipinski definition) is 1. The SMILES string of the molecule is C=CC(=O)N(CCCCCCCC)CCCCCCCCCC. The number of carbonyl (C=O) groups excluding carboxylic acids is 1. The van der Waals surface area contributed by atoms with Gasteiger partial charge in [-0.2, -0.15) is 0 Å². The first-order valence-corrected chi connectivity index (χ1v) is 10.2. The smallest absolute Gasteiger partial charge is 0.245 e. The summed E-state index contributed by atoms with van der Waals surface area (Å²) in [5, 5.41) is 0. The first-order valence-electron chi connectivity index (χ1n) is 10.2. The molecule has 0 aromatic rings. The summed E-state index contributed by atoms with van der Waals surface area (Å²) in [5.74, 6) is 0.113. The van der Waals surface area contributed by atoms with E-state index in [1.165, 1.54) is 83.1 Å². The van der Waals surface area contributed by atoms with E-state index in [1.54, 1.807) is 0 Å². The summed E-state index contributed by atoms with van der Waals surface area (Å²) >= 11 is 0. The van der Waals surface area contributed by atoms with Crippen LogP contribution in [-0.4, -0.2) is 23.9 Å². The lowest BCUT2D eigenvalue weighted by Crippen LogP contribution is -2.31. The van der Waals surface area contributed by atoms with Gasteiger partial charge in [-0.05, 0) is 18.9 Å². The van der Waals surface area contributed by atoms with E-state index in [-0.39, 0.29) is 5.91 Å². The van der Waals surface area contributed by atoms with E-state index < -0.39 is 0 Å². The van der Waals surface area contributed by atoms with Crippen molar-refractivity contribution in [3.05, 3.63) is 12.7 Å². The molecular weight excluding hydrogens is 282 g/mol. The molecule has 0 aliphatic heterocycles. The molecule has 0 unspecified atom stereocenters. The van der Waals surface area contributed by atoms with Gasteiger partial charge in [0, 0.05) is 13.1 Å². The molecule has 0 heterocycles.